The topological polar surface area (TPSA) is 46.3 Å². The summed E-state index contributed by atoms with van der Waals surface area (Å²) in [6.07, 6.45) is 3.56. The molecule has 5 heteroatoms. The summed E-state index contributed by atoms with van der Waals surface area (Å²) < 4.78 is 0. The zero-order chi connectivity index (χ0) is 14.8. The van der Waals surface area contributed by atoms with Crippen LogP contribution in [0, 0.1) is 5.41 Å². The molecule has 1 aromatic carbocycles. The van der Waals surface area contributed by atoms with E-state index in [4.69, 9.17) is 29.6 Å². The molecule has 0 saturated heterocycles. The van der Waals surface area contributed by atoms with Gasteiger partial charge in [-0.2, -0.15) is 0 Å². The Kier molecular flexibility index (Phi) is 4.66. The van der Waals surface area contributed by atoms with Gasteiger partial charge in [0.1, 0.15) is 0 Å². The zero-order valence-electron chi connectivity index (χ0n) is 11.6. The summed E-state index contributed by atoms with van der Waals surface area (Å²) in [5.41, 5.74) is 6.27. The van der Waals surface area contributed by atoms with Crippen molar-refractivity contribution >= 4 is 34.7 Å². The van der Waals surface area contributed by atoms with E-state index in [0.717, 1.165) is 31.2 Å². The number of carbonyl (C=O) groups is 1. The molecule has 1 amide bonds. The van der Waals surface area contributed by atoms with Crippen molar-refractivity contribution in [2.75, 3.05) is 7.05 Å². The zero-order valence-corrected chi connectivity index (χ0v) is 13.1. The van der Waals surface area contributed by atoms with E-state index in [2.05, 4.69) is 0 Å². The van der Waals surface area contributed by atoms with Crippen LogP contribution in [0.4, 0.5) is 0 Å². The number of benzene rings is 1. The van der Waals surface area contributed by atoms with Gasteiger partial charge in [0.2, 0.25) is 5.91 Å². The number of hydrogen-bond donors (Lipinski definition) is 1. The second kappa shape index (κ2) is 6.10. The van der Waals surface area contributed by atoms with Crippen LogP contribution in [0.2, 0.25) is 5.02 Å². The third-order valence-electron chi connectivity index (χ3n) is 4.02. The first-order chi connectivity index (χ1) is 9.45. The van der Waals surface area contributed by atoms with Crippen molar-refractivity contribution in [2.24, 2.45) is 11.1 Å². The molecule has 3 nitrogen and oxygen atoms in total. The molecular weight excluding hydrogens is 292 g/mol. The minimum Gasteiger partial charge on any atom is -0.392 e. The van der Waals surface area contributed by atoms with Gasteiger partial charge in [0.05, 0.1) is 10.4 Å². The molecule has 0 radical (unpaired) electrons. The molecule has 108 valence electrons. The van der Waals surface area contributed by atoms with Gasteiger partial charge in [0.25, 0.3) is 0 Å². The highest BCUT2D eigenvalue weighted by atomic mass is 35.5. The Labute approximate surface area is 130 Å². The van der Waals surface area contributed by atoms with Crippen molar-refractivity contribution in [3.05, 3.63) is 34.9 Å². The maximum absolute atomic E-state index is 12.7. The molecule has 1 saturated carbocycles. The van der Waals surface area contributed by atoms with Crippen LogP contribution in [-0.4, -0.2) is 22.8 Å². The fourth-order valence-corrected chi connectivity index (χ4v) is 3.26. The predicted molar refractivity (Wildman–Crippen MR) is 85.6 cm³/mol. The van der Waals surface area contributed by atoms with E-state index in [1.54, 1.807) is 11.9 Å². The fraction of sp³-hybridized carbons (Fsp3) is 0.467. The highest BCUT2D eigenvalue weighted by molar-refractivity contribution is 7.80. The minimum absolute atomic E-state index is 0.0393. The lowest BCUT2D eigenvalue weighted by Gasteiger charge is -2.31. The van der Waals surface area contributed by atoms with E-state index in [1.807, 2.05) is 24.3 Å². The summed E-state index contributed by atoms with van der Waals surface area (Å²) in [5.74, 6) is 0.0393. The summed E-state index contributed by atoms with van der Waals surface area (Å²) in [4.78, 5) is 14.8. The highest BCUT2D eigenvalue weighted by Crippen LogP contribution is 2.40. The summed E-state index contributed by atoms with van der Waals surface area (Å²) >= 11 is 11.0. The van der Waals surface area contributed by atoms with Crippen LogP contribution >= 0.6 is 23.8 Å². The Morgan fingerprint density at radius 2 is 1.90 bits per heavy atom. The molecule has 0 aliphatic heterocycles. The molecule has 1 aromatic rings. The van der Waals surface area contributed by atoms with Crippen molar-refractivity contribution < 1.29 is 4.79 Å². The number of nitrogens with zero attached hydrogens (tertiary/aromatic N) is 1. The van der Waals surface area contributed by atoms with Gasteiger partial charge in [0.15, 0.2) is 0 Å². The van der Waals surface area contributed by atoms with Crippen LogP contribution in [0.5, 0.6) is 0 Å². The number of hydrogen-bond acceptors (Lipinski definition) is 2. The molecule has 0 unspecified atom stereocenters. The number of thiocarbonyl (C=S) groups is 1. The predicted octanol–water partition coefficient (Wildman–Crippen LogP) is 3.14. The molecule has 20 heavy (non-hydrogen) atoms. The van der Waals surface area contributed by atoms with Gasteiger partial charge < -0.3 is 10.6 Å². The van der Waals surface area contributed by atoms with Crippen LogP contribution in [0.1, 0.15) is 31.2 Å². The quantitative estimate of drug-likeness (QED) is 0.869. The summed E-state index contributed by atoms with van der Waals surface area (Å²) in [5, 5.41) is 0.693. The second-order valence-electron chi connectivity index (χ2n) is 5.44. The number of rotatable bonds is 4. The van der Waals surface area contributed by atoms with Crippen LogP contribution in [0.25, 0.3) is 0 Å². The smallest absolute Gasteiger partial charge is 0.235 e. The SMILES string of the molecule is CN(Cc1ccc(Cl)cc1)C(=O)C1(C(N)=S)CCCC1. The maximum Gasteiger partial charge on any atom is 0.235 e. The van der Waals surface area contributed by atoms with E-state index in [-0.39, 0.29) is 5.91 Å². The molecule has 0 atom stereocenters. The Balaban J connectivity index is 2.11. The van der Waals surface area contributed by atoms with Crippen LogP contribution in [-0.2, 0) is 11.3 Å². The third kappa shape index (κ3) is 2.96. The van der Waals surface area contributed by atoms with Crippen molar-refractivity contribution in [2.45, 2.75) is 32.2 Å². The first-order valence-electron chi connectivity index (χ1n) is 6.75. The molecule has 0 aromatic heterocycles. The second-order valence-corrected chi connectivity index (χ2v) is 6.32. The van der Waals surface area contributed by atoms with Crippen molar-refractivity contribution in [1.82, 2.24) is 4.90 Å². The summed E-state index contributed by atoms with van der Waals surface area (Å²) in [6, 6.07) is 7.50. The number of amides is 1. The third-order valence-corrected chi connectivity index (χ3v) is 4.66. The molecule has 1 aliphatic carbocycles. The number of carbonyl (C=O) groups excluding carboxylic acids is 1. The highest BCUT2D eigenvalue weighted by Gasteiger charge is 2.45. The Hall–Kier alpha value is -1.13. The average molecular weight is 311 g/mol. The largest absolute Gasteiger partial charge is 0.392 e. The maximum atomic E-state index is 12.7. The van der Waals surface area contributed by atoms with Crippen molar-refractivity contribution in [3.63, 3.8) is 0 Å². The molecular formula is C15H19ClN2OS. The minimum atomic E-state index is -0.628. The van der Waals surface area contributed by atoms with Gasteiger partial charge in [-0.1, -0.05) is 48.8 Å². The lowest BCUT2D eigenvalue weighted by atomic mass is 9.84. The van der Waals surface area contributed by atoms with Gasteiger partial charge in [-0.3, -0.25) is 4.79 Å². The molecule has 0 heterocycles. The standard InChI is InChI=1S/C15H19ClN2OS/c1-18(10-11-4-6-12(16)7-5-11)14(19)15(13(17)20)8-2-3-9-15/h4-7H,2-3,8-10H2,1H3,(H2,17,20). The van der Waals surface area contributed by atoms with E-state index >= 15 is 0 Å². The van der Waals surface area contributed by atoms with E-state index in [0.29, 0.717) is 16.6 Å². The van der Waals surface area contributed by atoms with E-state index in [1.165, 1.54) is 0 Å². The first kappa shape index (κ1) is 15.3. The van der Waals surface area contributed by atoms with Gasteiger partial charge in [0, 0.05) is 18.6 Å². The normalized spacial score (nSPS) is 16.9. The van der Waals surface area contributed by atoms with Gasteiger partial charge in [-0.05, 0) is 30.5 Å². The van der Waals surface area contributed by atoms with Gasteiger partial charge in [-0.25, -0.2) is 0 Å². The molecule has 0 spiro atoms. The summed E-state index contributed by atoms with van der Waals surface area (Å²) in [6.45, 7) is 0.542. The van der Waals surface area contributed by atoms with Crippen LogP contribution in [0.3, 0.4) is 0 Å². The number of nitrogens with two attached hydrogens (primary N) is 1. The van der Waals surface area contributed by atoms with Crippen molar-refractivity contribution in [3.8, 4) is 0 Å². The Bertz CT molecular complexity index is 509. The van der Waals surface area contributed by atoms with E-state index in [9.17, 15) is 4.79 Å². The average Bonchev–Trinajstić information content (AvgIpc) is 2.91. The Morgan fingerprint density at radius 3 is 2.40 bits per heavy atom. The lowest BCUT2D eigenvalue weighted by Crippen LogP contribution is -2.47. The molecule has 2 N–H and O–H groups in total. The molecule has 1 fully saturated rings. The van der Waals surface area contributed by atoms with Gasteiger partial charge >= 0.3 is 0 Å². The van der Waals surface area contributed by atoms with Crippen LogP contribution in [0.15, 0.2) is 24.3 Å². The fourth-order valence-electron chi connectivity index (χ4n) is 2.85. The van der Waals surface area contributed by atoms with Crippen molar-refractivity contribution in [1.29, 1.82) is 0 Å². The molecule has 0 bridgehead atoms. The summed E-state index contributed by atoms with van der Waals surface area (Å²) in [7, 11) is 1.80. The number of halogens is 1. The molecule has 1 aliphatic rings. The first-order valence-corrected chi connectivity index (χ1v) is 7.54. The lowest BCUT2D eigenvalue weighted by molar-refractivity contribution is -0.137. The molecule has 2 rings (SSSR count). The van der Waals surface area contributed by atoms with Crippen LogP contribution < -0.4 is 5.73 Å². The Morgan fingerprint density at radius 1 is 1.35 bits per heavy atom. The van der Waals surface area contributed by atoms with Gasteiger partial charge in [-0.15, -0.1) is 0 Å². The monoisotopic (exact) mass is 310 g/mol. The van der Waals surface area contributed by atoms with E-state index < -0.39 is 5.41 Å².